The molecule has 6 heteroatoms. The highest BCUT2D eigenvalue weighted by Crippen LogP contribution is 2.23. The second-order valence-electron chi connectivity index (χ2n) is 7.67. The minimum atomic E-state index is 0.483. The summed E-state index contributed by atoms with van der Waals surface area (Å²) < 4.78 is 0. The molecule has 0 aliphatic carbocycles. The van der Waals surface area contributed by atoms with Crippen LogP contribution in [0.5, 0.6) is 0 Å². The van der Waals surface area contributed by atoms with Crippen molar-refractivity contribution in [1.29, 1.82) is 0 Å². The van der Waals surface area contributed by atoms with Gasteiger partial charge >= 0.3 is 0 Å². The maximum Gasteiger partial charge on any atom is 0.191 e. The van der Waals surface area contributed by atoms with Crippen LogP contribution in [0.3, 0.4) is 0 Å². The molecule has 0 saturated carbocycles. The predicted octanol–water partition coefficient (Wildman–Crippen LogP) is 2.00. The van der Waals surface area contributed by atoms with Crippen molar-refractivity contribution in [2.75, 3.05) is 39.8 Å². The Labute approximate surface area is 156 Å². The van der Waals surface area contributed by atoms with Crippen LogP contribution in [-0.2, 0) is 13.0 Å². The third-order valence-electron chi connectivity index (χ3n) is 5.52. The van der Waals surface area contributed by atoms with E-state index in [0.29, 0.717) is 18.0 Å². The molecular formula is C19H33N5S. The van der Waals surface area contributed by atoms with Crippen LogP contribution in [0.15, 0.2) is 16.4 Å². The van der Waals surface area contributed by atoms with Gasteiger partial charge in [-0.3, -0.25) is 14.8 Å². The van der Waals surface area contributed by atoms with Crippen LogP contribution in [-0.4, -0.2) is 67.6 Å². The number of hydrogen-bond acceptors (Lipinski definition) is 4. The van der Waals surface area contributed by atoms with E-state index in [-0.39, 0.29) is 0 Å². The molecular weight excluding hydrogens is 330 g/mol. The number of fused-ring (bicyclic) bond motifs is 1. The molecule has 1 aromatic heterocycles. The summed E-state index contributed by atoms with van der Waals surface area (Å²) in [6.45, 7) is 13.4. The van der Waals surface area contributed by atoms with Gasteiger partial charge in [0.15, 0.2) is 5.96 Å². The lowest BCUT2D eigenvalue weighted by molar-refractivity contribution is 0.259. The van der Waals surface area contributed by atoms with Gasteiger partial charge in [0.1, 0.15) is 0 Å². The first kappa shape index (κ1) is 18.7. The molecule has 0 aromatic carbocycles. The summed E-state index contributed by atoms with van der Waals surface area (Å²) in [6, 6.07) is 3.38. The number of thiophene rings is 1. The van der Waals surface area contributed by atoms with Crippen LogP contribution >= 0.6 is 11.3 Å². The van der Waals surface area contributed by atoms with Crippen LogP contribution in [0.4, 0.5) is 0 Å². The Kier molecular flexibility index (Phi) is 6.36. The van der Waals surface area contributed by atoms with Gasteiger partial charge in [0.25, 0.3) is 0 Å². The van der Waals surface area contributed by atoms with Crippen LogP contribution < -0.4 is 10.6 Å². The number of nitrogens with one attached hydrogen (secondary N) is 2. The average Bonchev–Trinajstić information content (AvgIpc) is 3.20. The van der Waals surface area contributed by atoms with Gasteiger partial charge in [-0.05, 0) is 43.2 Å². The lowest BCUT2D eigenvalue weighted by Crippen LogP contribution is -2.48. The fourth-order valence-corrected chi connectivity index (χ4v) is 4.70. The summed E-state index contributed by atoms with van der Waals surface area (Å²) in [4.78, 5) is 11.1. The molecule has 0 spiro atoms. The molecule has 1 saturated heterocycles. The number of aliphatic imine (C=N–C) groups is 1. The third-order valence-corrected chi connectivity index (χ3v) is 6.55. The van der Waals surface area contributed by atoms with Gasteiger partial charge in [-0.25, -0.2) is 0 Å². The van der Waals surface area contributed by atoms with E-state index >= 15 is 0 Å². The first-order valence-electron chi connectivity index (χ1n) is 9.55. The molecule has 2 aliphatic rings. The molecule has 2 aliphatic heterocycles. The highest BCUT2D eigenvalue weighted by Gasteiger charge is 2.31. The molecule has 140 valence electrons. The first-order valence-corrected chi connectivity index (χ1v) is 10.4. The lowest BCUT2D eigenvalue weighted by Gasteiger charge is -2.27. The van der Waals surface area contributed by atoms with Crippen molar-refractivity contribution in [1.82, 2.24) is 20.4 Å². The van der Waals surface area contributed by atoms with Gasteiger partial charge in [-0.2, -0.15) is 0 Å². The zero-order valence-corrected chi connectivity index (χ0v) is 16.9. The van der Waals surface area contributed by atoms with Crippen molar-refractivity contribution in [3.63, 3.8) is 0 Å². The Morgan fingerprint density at radius 2 is 2.24 bits per heavy atom. The van der Waals surface area contributed by atoms with Crippen LogP contribution in [0, 0.1) is 5.92 Å². The van der Waals surface area contributed by atoms with Crippen molar-refractivity contribution < 1.29 is 0 Å². The summed E-state index contributed by atoms with van der Waals surface area (Å²) in [5.41, 5.74) is 1.52. The molecule has 25 heavy (non-hydrogen) atoms. The monoisotopic (exact) mass is 363 g/mol. The zero-order chi connectivity index (χ0) is 17.8. The topological polar surface area (TPSA) is 42.9 Å². The number of likely N-dealkylation sites (tertiary alicyclic amines) is 1. The van der Waals surface area contributed by atoms with Gasteiger partial charge in [-0.15, -0.1) is 11.3 Å². The molecule has 2 atom stereocenters. The fraction of sp³-hybridized carbons (Fsp3) is 0.737. The smallest absolute Gasteiger partial charge is 0.191 e. The summed E-state index contributed by atoms with van der Waals surface area (Å²) in [6.07, 6.45) is 1.20. The molecule has 0 bridgehead atoms. The number of nitrogens with zero attached hydrogens (tertiary/aromatic N) is 3. The molecule has 2 N–H and O–H groups in total. The van der Waals surface area contributed by atoms with Crippen molar-refractivity contribution in [2.45, 2.75) is 45.8 Å². The Morgan fingerprint density at radius 1 is 1.40 bits per heavy atom. The Hall–Kier alpha value is -1.11. The van der Waals surface area contributed by atoms with E-state index in [1.165, 1.54) is 25.1 Å². The quantitative estimate of drug-likeness (QED) is 0.620. The van der Waals surface area contributed by atoms with Gasteiger partial charge < -0.3 is 10.6 Å². The third kappa shape index (κ3) is 4.74. The summed E-state index contributed by atoms with van der Waals surface area (Å²) in [7, 11) is 1.87. The van der Waals surface area contributed by atoms with Gasteiger partial charge in [-0.1, -0.05) is 6.92 Å². The molecule has 2 unspecified atom stereocenters. The summed E-state index contributed by atoms with van der Waals surface area (Å²) in [5, 5.41) is 9.36. The molecule has 3 rings (SSSR count). The van der Waals surface area contributed by atoms with E-state index in [4.69, 9.17) is 0 Å². The van der Waals surface area contributed by atoms with E-state index < -0.39 is 0 Å². The van der Waals surface area contributed by atoms with Crippen LogP contribution in [0.1, 0.15) is 31.2 Å². The van der Waals surface area contributed by atoms with E-state index in [0.717, 1.165) is 32.1 Å². The molecule has 1 aromatic rings. The SMILES string of the molecule is CN=C(NCCN1CCc2sccc2C1)NC1CN(C(C)C)CC1C. The first-order chi connectivity index (χ1) is 12.1. The van der Waals surface area contributed by atoms with Crippen LogP contribution in [0.25, 0.3) is 0 Å². The average molecular weight is 364 g/mol. The van der Waals surface area contributed by atoms with Crippen molar-refractivity contribution in [3.05, 3.63) is 21.9 Å². The van der Waals surface area contributed by atoms with E-state index in [2.05, 4.69) is 57.6 Å². The Balaban J connectivity index is 1.41. The van der Waals surface area contributed by atoms with Gasteiger partial charge in [0.05, 0.1) is 0 Å². The molecule has 1 fully saturated rings. The minimum Gasteiger partial charge on any atom is -0.355 e. The molecule has 3 heterocycles. The summed E-state index contributed by atoms with van der Waals surface area (Å²) >= 11 is 1.90. The molecule has 0 radical (unpaired) electrons. The lowest BCUT2D eigenvalue weighted by atomic mass is 10.1. The standard InChI is InChI=1S/C19H33N5S/c1-14(2)24-11-15(3)17(13-24)22-19(20-4)21-7-9-23-8-5-18-16(12-23)6-10-25-18/h6,10,14-15,17H,5,7-9,11-13H2,1-4H3,(H2,20,21,22). The molecule has 5 nitrogen and oxygen atoms in total. The zero-order valence-electron chi connectivity index (χ0n) is 16.1. The highest BCUT2D eigenvalue weighted by molar-refractivity contribution is 7.10. The van der Waals surface area contributed by atoms with E-state index in [9.17, 15) is 0 Å². The number of hydrogen-bond donors (Lipinski definition) is 2. The highest BCUT2D eigenvalue weighted by atomic mass is 32.1. The van der Waals surface area contributed by atoms with E-state index in [1.54, 1.807) is 4.88 Å². The molecule has 0 amide bonds. The van der Waals surface area contributed by atoms with Crippen LogP contribution in [0.2, 0.25) is 0 Å². The predicted molar refractivity (Wildman–Crippen MR) is 107 cm³/mol. The van der Waals surface area contributed by atoms with Gasteiger partial charge in [0, 0.05) is 63.3 Å². The van der Waals surface area contributed by atoms with E-state index in [1.807, 2.05) is 18.4 Å². The van der Waals surface area contributed by atoms with Crippen molar-refractivity contribution in [3.8, 4) is 0 Å². The number of guanidine groups is 1. The number of rotatable bonds is 5. The van der Waals surface area contributed by atoms with Crippen molar-refractivity contribution in [2.24, 2.45) is 10.9 Å². The second-order valence-corrected chi connectivity index (χ2v) is 8.67. The van der Waals surface area contributed by atoms with Gasteiger partial charge in [0.2, 0.25) is 0 Å². The fourth-order valence-electron chi connectivity index (χ4n) is 3.81. The Morgan fingerprint density at radius 3 is 2.96 bits per heavy atom. The maximum atomic E-state index is 4.43. The normalized spacial score (nSPS) is 25.4. The maximum absolute atomic E-state index is 4.43. The summed E-state index contributed by atoms with van der Waals surface area (Å²) in [5.74, 6) is 1.59. The minimum absolute atomic E-state index is 0.483. The second kappa shape index (κ2) is 8.52. The largest absolute Gasteiger partial charge is 0.355 e. The van der Waals surface area contributed by atoms with Crippen molar-refractivity contribution >= 4 is 17.3 Å². The Bertz CT molecular complexity index is 582.